The molecule has 1 aromatic carbocycles. The van der Waals surface area contributed by atoms with Gasteiger partial charge in [-0.3, -0.25) is 9.59 Å². The van der Waals surface area contributed by atoms with Crippen molar-refractivity contribution in [2.24, 2.45) is 5.41 Å². The predicted octanol–water partition coefficient (Wildman–Crippen LogP) is 3.72. The number of hydrogen-bond donors (Lipinski definition) is 1. The van der Waals surface area contributed by atoms with Crippen LogP contribution in [-0.2, 0) is 9.59 Å². The third-order valence-electron chi connectivity index (χ3n) is 4.36. The van der Waals surface area contributed by atoms with E-state index in [2.05, 4.69) is 5.32 Å². The van der Waals surface area contributed by atoms with Crippen molar-refractivity contribution in [1.82, 2.24) is 4.90 Å². The van der Waals surface area contributed by atoms with Gasteiger partial charge in [-0.1, -0.05) is 23.2 Å². The standard InChI is InChI=1S/C16H18Cl2N2O2/c17-11-8-12(18)10-13(9-11)19-14(21)16(4-5-16)15(22)20-6-2-1-3-7-20/h8-10H,1-7H2,(H,19,21). The Morgan fingerprint density at radius 2 is 1.59 bits per heavy atom. The van der Waals surface area contributed by atoms with Crippen molar-refractivity contribution in [3.8, 4) is 0 Å². The number of carbonyl (C=O) groups excluding carboxylic acids is 2. The van der Waals surface area contributed by atoms with Crippen LogP contribution in [0.15, 0.2) is 18.2 Å². The van der Waals surface area contributed by atoms with Crippen molar-refractivity contribution >= 4 is 40.7 Å². The van der Waals surface area contributed by atoms with Crippen LogP contribution in [0.25, 0.3) is 0 Å². The minimum atomic E-state index is -0.883. The highest BCUT2D eigenvalue weighted by Gasteiger charge is 2.58. The maximum Gasteiger partial charge on any atom is 0.240 e. The summed E-state index contributed by atoms with van der Waals surface area (Å²) >= 11 is 11.9. The molecule has 2 fully saturated rings. The lowest BCUT2D eigenvalue weighted by Gasteiger charge is -2.30. The van der Waals surface area contributed by atoms with Crippen LogP contribution >= 0.6 is 23.2 Å². The van der Waals surface area contributed by atoms with Crippen LogP contribution in [0.3, 0.4) is 0 Å². The first-order valence-corrected chi connectivity index (χ1v) is 8.34. The maximum atomic E-state index is 12.7. The van der Waals surface area contributed by atoms with Crippen molar-refractivity contribution < 1.29 is 9.59 Å². The van der Waals surface area contributed by atoms with Gasteiger partial charge in [0.2, 0.25) is 11.8 Å². The third kappa shape index (κ3) is 3.08. The summed E-state index contributed by atoms with van der Waals surface area (Å²) in [5.74, 6) is -0.278. The number of nitrogens with one attached hydrogen (secondary N) is 1. The van der Waals surface area contributed by atoms with E-state index in [9.17, 15) is 9.59 Å². The van der Waals surface area contributed by atoms with Crippen molar-refractivity contribution in [2.75, 3.05) is 18.4 Å². The molecule has 0 unspecified atom stereocenters. The molecule has 0 radical (unpaired) electrons. The number of likely N-dealkylation sites (tertiary alicyclic amines) is 1. The van der Waals surface area contributed by atoms with Crippen LogP contribution in [0.4, 0.5) is 5.69 Å². The fraction of sp³-hybridized carbons (Fsp3) is 0.500. The largest absolute Gasteiger partial charge is 0.342 e. The molecule has 1 saturated carbocycles. The van der Waals surface area contributed by atoms with Crippen LogP contribution in [0.1, 0.15) is 32.1 Å². The molecule has 1 saturated heterocycles. The van der Waals surface area contributed by atoms with Gasteiger partial charge in [-0.25, -0.2) is 0 Å². The third-order valence-corrected chi connectivity index (χ3v) is 4.79. The van der Waals surface area contributed by atoms with Crippen LogP contribution in [-0.4, -0.2) is 29.8 Å². The van der Waals surface area contributed by atoms with Crippen molar-refractivity contribution in [3.63, 3.8) is 0 Å². The number of anilines is 1. The number of amides is 2. The van der Waals surface area contributed by atoms with Gasteiger partial charge in [0.25, 0.3) is 0 Å². The second-order valence-electron chi connectivity index (χ2n) is 6.05. The van der Waals surface area contributed by atoms with Gasteiger partial charge < -0.3 is 10.2 Å². The Morgan fingerprint density at radius 3 is 2.14 bits per heavy atom. The zero-order chi connectivity index (χ0) is 15.7. The molecule has 0 bridgehead atoms. The van der Waals surface area contributed by atoms with Gasteiger partial charge in [0, 0.05) is 28.8 Å². The van der Waals surface area contributed by atoms with Crippen molar-refractivity contribution in [2.45, 2.75) is 32.1 Å². The normalized spacial score (nSPS) is 19.6. The van der Waals surface area contributed by atoms with Crippen LogP contribution in [0.2, 0.25) is 10.0 Å². The van der Waals surface area contributed by atoms with Crippen molar-refractivity contribution in [1.29, 1.82) is 0 Å². The molecule has 3 rings (SSSR count). The van der Waals surface area contributed by atoms with Gasteiger partial charge >= 0.3 is 0 Å². The van der Waals surface area contributed by atoms with E-state index in [0.29, 0.717) is 28.6 Å². The number of hydrogen-bond acceptors (Lipinski definition) is 2. The maximum absolute atomic E-state index is 12.7. The quantitative estimate of drug-likeness (QED) is 0.852. The Hall–Kier alpha value is -1.26. The summed E-state index contributed by atoms with van der Waals surface area (Å²) in [6.07, 6.45) is 4.43. The minimum absolute atomic E-state index is 0.0298. The van der Waals surface area contributed by atoms with Gasteiger partial charge in [-0.05, 0) is 50.3 Å². The fourth-order valence-electron chi connectivity index (χ4n) is 2.94. The molecule has 2 aliphatic rings. The number of carbonyl (C=O) groups is 2. The molecule has 1 aliphatic heterocycles. The summed E-state index contributed by atoms with van der Waals surface area (Å²) in [7, 11) is 0. The van der Waals surface area contributed by atoms with E-state index in [1.165, 1.54) is 0 Å². The van der Waals surface area contributed by atoms with E-state index >= 15 is 0 Å². The summed E-state index contributed by atoms with van der Waals surface area (Å²) in [5, 5.41) is 3.70. The fourth-order valence-corrected chi connectivity index (χ4v) is 3.47. The molecule has 0 spiro atoms. The molecule has 1 aliphatic carbocycles. The number of nitrogens with zero attached hydrogens (tertiary/aromatic N) is 1. The van der Waals surface area contributed by atoms with E-state index in [-0.39, 0.29) is 11.8 Å². The van der Waals surface area contributed by atoms with Gasteiger partial charge in [-0.15, -0.1) is 0 Å². The van der Waals surface area contributed by atoms with E-state index in [1.54, 1.807) is 18.2 Å². The zero-order valence-electron chi connectivity index (χ0n) is 12.2. The molecule has 2 amide bonds. The topological polar surface area (TPSA) is 49.4 Å². The average Bonchev–Trinajstić information content (AvgIpc) is 3.28. The number of piperidine rings is 1. The first kappa shape index (κ1) is 15.6. The Labute approximate surface area is 139 Å². The number of halogens is 2. The second kappa shape index (κ2) is 6.09. The van der Waals surface area contributed by atoms with Gasteiger partial charge in [0.1, 0.15) is 5.41 Å². The molecular formula is C16H18Cl2N2O2. The van der Waals surface area contributed by atoms with Crippen LogP contribution in [0, 0.1) is 5.41 Å². The monoisotopic (exact) mass is 340 g/mol. The van der Waals surface area contributed by atoms with Crippen LogP contribution < -0.4 is 5.32 Å². The van der Waals surface area contributed by atoms with Gasteiger partial charge in [0.05, 0.1) is 0 Å². The summed E-state index contributed by atoms with van der Waals surface area (Å²) < 4.78 is 0. The predicted molar refractivity (Wildman–Crippen MR) is 87.2 cm³/mol. The molecule has 1 N–H and O–H groups in total. The molecule has 0 aromatic heterocycles. The highest BCUT2D eigenvalue weighted by Crippen LogP contribution is 2.48. The summed E-state index contributed by atoms with van der Waals surface area (Å²) in [4.78, 5) is 27.1. The Balaban J connectivity index is 1.72. The number of benzene rings is 1. The minimum Gasteiger partial charge on any atom is -0.342 e. The first-order chi connectivity index (χ1) is 10.5. The lowest BCUT2D eigenvalue weighted by atomic mass is 10.0. The van der Waals surface area contributed by atoms with Gasteiger partial charge in [-0.2, -0.15) is 0 Å². The number of rotatable bonds is 3. The smallest absolute Gasteiger partial charge is 0.240 e. The van der Waals surface area contributed by atoms with Gasteiger partial charge in [0.15, 0.2) is 0 Å². The summed E-state index contributed by atoms with van der Waals surface area (Å²) in [5.41, 5.74) is -0.355. The average molecular weight is 341 g/mol. The molecular weight excluding hydrogens is 323 g/mol. The van der Waals surface area contributed by atoms with E-state index < -0.39 is 5.41 Å². The second-order valence-corrected chi connectivity index (χ2v) is 6.92. The van der Waals surface area contributed by atoms with Crippen LogP contribution in [0.5, 0.6) is 0 Å². The molecule has 118 valence electrons. The molecule has 6 heteroatoms. The molecule has 22 heavy (non-hydrogen) atoms. The Bertz CT molecular complexity index is 588. The lowest BCUT2D eigenvalue weighted by molar-refractivity contribution is -0.143. The Morgan fingerprint density at radius 1 is 1.00 bits per heavy atom. The molecule has 4 nitrogen and oxygen atoms in total. The Kier molecular flexibility index (Phi) is 4.33. The summed E-state index contributed by atoms with van der Waals surface area (Å²) in [6, 6.07) is 4.87. The summed E-state index contributed by atoms with van der Waals surface area (Å²) in [6.45, 7) is 1.52. The first-order valence-electron chi connectivity index (χ1n) is 7.58. The molecule has 0 atom stereocenters. The SMILES string of the molecule is O=C(Nc1cc(Cl)cc(Cl)c1)C1(C(=O)N2CCCCC2)CC1. The van der Waals surface area contributed by atoms with E-state index in [4.69, 9.17) is 23.2 Å². The zero-order valence-corrected chi connectivity index (χ0v) is 13.7. The van der Waals surface area contributed by atoms with Crippen molar-refractivity contribution in [3.05, 3.63) is 28.2 Å². The lowest BCUT2D eigenvalue weighted by Crippen LogP contribution is -2.45. The molecule has 1 aromatic rings. The van der Waals surface area contributed by atoms with E-state index in [1.807, 2.05) is 4.90 Å². The molecule has 1 heterocycles. The highest BCUT2D eigenvalue weighted by molar-refractivity contribution is 6.35. The highest BCUT2D eigenvalue weighted by atomic mass is 35.5. The van der Waals surface area contributed by atoms with E-state index in [0.717, 1.165) is 32.4 Å².